The topological polar surface area (TPSA) is 12.0 Å². The van der Waals surface area contributed by atoms with E-state index in [0.717, 1.165) is 17.7 Å². The van der Waals surface area contributed by atoms with Crippen molar-refractivity contribution in [1.82, 2.24) is 5.32 Å². The monoisotopic (exact) mass is 341 g/mol. The Morgan fingerprint density at radius 1 is 1.21 bits per heavy atom. The van der Waals surface area contributed by atoms with E-state index in [4.69, 9.17) is 11.6 Å². The van der Waals surface area contributed by atoms with Crippen LogP contribution in [0.3, 0.4) is 0 Å². The maximum absolute atomic E-state index is 13.7. The van der Waals surface area contributed by atoms with E-state index in [2.05, 4.69) is 21.2 Å². The summed E-state index contributed by atoms with van der Waals surface area (Å²) >= 11 is 9.23. The first-order valence-corrected chi connectivity index (χ1v) is 7.23. The molecular weight excluding hydrogens is 329 g/mol. The summed E-state index contributed by atoms with van der Waals surface area (Å²) in [6.45, 7) is 2.81. The molecule has 0 saturated heterocycles. The van der Waals surface area contributed by atoms with E-state index in [1.54, 1.807) is 6.07 Å². The van der Waals surface area contributed by atoms with Gasteiger partial charge in [0.15, 0.2) is 0 Å². The van der Waals surface area contributed by atoms with Crippen molar-refractivity contribution in [3.8, 4) is 0 Å². The number of nitrogens with one attached hydrogen (secondary N) is 1. The Morgan fingerprint density at radius 2 is 1.89 bits per heavy atom. The lowest BCUT2D eigenvalue weighted by molar-refractivity contribution is 0.595. The average molecular weight is 343 g/mol. The van der Waals surface area contributed by atoms with E-state index in [1.807, 2.05) is 37.3 Å². The third kappa shape index (κ3) is 3.35. The first-order chi connectivity index (χ1) is 9.13. The van der Waals surface area contributed by atoms with Crippen LogP contribution < -0.4 is 5.32 Å². The van der Waals surface area contributed by atoms with Gasteiger partial charge < -0.3 is 5.32 Å². The zero-order chi connectivity index (χ0) is 13.8. The summed E-state index contributed by atoms with van der Waals surface area (Å²) in [5.41, 5.74) is 1.93. The van der Waals surface area contributed by atoms with E-state index < -0.39 is 0 Å². The van der Waals surface area contributed by atoms with Gasteiger partial charge in [0, 0.05) is 5.02 Å². The molecule has 2 aromatic carbocycles. The van der Waals surface area contributed by atoms with Crippen molar-refractivity contribution in [1.29, 1.82) is 0 Å². The van der Waals surface area contributed by atoms with Crippen molar-refractivity contribution in [2.45, 2.75) is 13.0 Å². The van der Waals surface area contributed by atoms with Gasteiger partial charge >= 0.3 is 0 Å². The minimum atomic E-state index is -0.255. The molecule has 0 spiro atoms. The zero-order valence-electron chi connectivity index (χ0n) is 10.5. The summed E-state index contributed by atoms with van der Waals surface area (Å²) in [5, 5.41) is 4.05. The SMILES string of the molecule is CCNC(c1ccc(Cl)cc1)c1cccc(F)c1Br. The number of hydrogen-bond acceptors (Lipinski definition) is 1. The highest BCUT2D eigenvalue weighted by Crippen LogP contribution is 2.30. The molecule has 1 atom stereocenters. The van der Waals surface area contributed by atoms with E-state index >= 15 is 0 Å². The van der Waals surface area contributed by atoms with Crippen LogP contribution in [-0.4, -0.2) is 6.54 Å². The van der Waals surface area contributed by atoms with Gasteiger partial charge in [0.25, 0.3) is 0 Å². The van der Waals surface area contributed by atoms with Crippen LogP contribution in [0.5, 0.6) is 0 Å². The normalized spacial score (nSPS) is 12.4. The molecule has 0 saturated carbocycles. The molecular formula is C15H14BrClFN. The quantitative estimate of drug-likeness (QED) is 0.830. The van der Waals surface area contributed by atoms with Gasteiger partial charge in [-0.3, -0.25) is 0 Å². The van der Waals surface area contributed by atoms with Crippen LogP contribution in [-0.2, 0) is 0 Å². The molecule has 0 aromatic heterocycles. The second-order valence-corrected chi connectivity index (χ2v) is 5.41. The fraction of sp³-hybridized carbons (Fsp3) is 0.200. The summed E-state index contributed by atoms with van der Waals surface area (Å²) in [4.78, 5) is 0. The predicted octanol–water partition coefficient (Wildman–Crippen LogP) is 4.94. The molecule has 0 heterocycles. The molecule has 100 valence electrons. The molecule has 1 N–H and O–H groups in total. The Hall–Kier alpha value is -0.900. The number of halogens is 3. The molecule has 1 unspecified atom stereocenters. The van der Waals surface area contributed by atoms with Crippen LogP contribution in [0.15, 0.2) is 46.9 Å². The predicted molar refractivity (Wildman–Crippen MR) is 81.1 cm³/mol. The Labute approximate surface area is 125 Å². The summed E-state index contributed by atoms with van der Waals surface area (Å²) < 4.78 is 14.2. The molecule has 0 aliphatic carbocycles. The average Bonchev–Trinajstić information content (AvgIpc) is 2.41. The minimum absolute atomic E-state index is 0.0626. The first kappa shape index (κ1) is 14.5. The molecule has 0 radical (unpaired) electrons. The molecule has 2 rings (SSSR count). The third-order valence-electron chi connectivity index (χ3n) is 2.90. The minimum Gasteiger partial charge on any atom is -0.306 e. The maximum atomic E-state index is 13.7. The number of rotatable bonds is 4. The smallest absolute Gasteiger partial charge is 0.137 e. The van der Waals surface area contributed by atoms with Gasteiger partial charge in [-0.15, -0.1) is 0 Å². The summed E-state index contributed by atoms with van der Waals surface area (Å²) in [7, 11) is 0. The molecule has 0 aliphatic heterocycles. The van der Waals surface area contributed by atoms with Crippen molar-refractivity contribution in [2.75, 3.05) is 6.54 Å². The standard InChI is InChI=1S/C15H14BrClFN/c1-2-19-15(10-6-8-11(17)9-7-10)12-4-3-5-13(18)14(12)16/h3-9,15,19H,2H2,1H3. The molecule has 1 nitrogen and oxygen atoms in total. The summed E-state index contributed by atoms with van der Waals surface area (Å²) in [5.74, 6) is -0.255. The Balaban J connectivity index is 2.45. The summed E-state index contributed by atoms with van der Waals surface area (Å²) in [6, 6.07) is 12.6. The van der Waals surface area contributed by atoms with E-state index in [0.29, 0.717) is 9.50 Å². The second kappa shape index (κ2) is 6.51. The Bertz CT molecular complexity index is 557. The highest BCUT2D eigenvalue weighted by molar-refractivity contribution is 9.10. The van der Waals surface area contributed by atoms with Crippen LogP contribution >= 0.6 is 27.5 Å². The van der Waals surface area contributed by atoms with Crippen LogP contribution in [0.2, 0.25) is 5.02 Å². The van der Waals surface area contributed by atoms with Crippen LogP contribution in [0, 0.1) is 5.82 Å². The molecule has 0 fully saturated rings. The maximum Gasteiger partial charge on any atom is 0.137 e. The highest BCUT2D eigenvalue weighted by Gasteiger charge is 2.17. The first-order valence-electron chi connectivity index (χ1n) is 6.06. The lowest BCUT2D eigenvalue weighted by atomic mass is 9.98. The van der Waals surface area contributed by atoms with Gasteiger partial charge in [-0.25, -0.2) is 4.39 Å². The second-order valence-electron chi connectivity index (χ2n) is 4.19. The van der Waals surface area contributed by atoms with Crippen molar-refractivity contribution in [2.24, 2.45) is 0 Å². The van der Waals surface area contributed by atoms with Crippen LogP contribution in [0.1, 0.15) is 24.1 Å². The van der Waals surface area contributed by atoms with Crippen molar-refractivity contribution >= 4 is 27.5 Å². The third-order valence-corrected chi connectivity index (χ3v) is 3.99. The van der Waals surface area contributed by atoms with Gasteiger partial charge in [-0.2, -0.15) is 0 Å². The van der Waals surface area contributed by atoms with Crippen LogP contribution in [0.25, 0.3) is 0 Å². The largest absolute Gasteiger partial charge is 0.306 e. The van der Waals surface area contributed by atoms with E-state index in [-0.39, 0.29) is 11.9 Å². The molecule has 2 aromatic rings. The van der Waals surface area contributed by atoms with Gasteiger partial charge in [-0.1, -0.05) is 42.8 Å². The lowest BCUT2D eigenvalue weighted by Crippen LogP contribution is -2.22. The highest BCUT2D eigenvalue weighted by atomic mass is 79.9. The fourth-order valence-electron chi connectivity index (χ4n) is 2.01. The molecule has 4 heteroatoms. The van der Waals surface area contributed by atoms with Gasteiger partial charge in [0.2, 0.25) is 0 Å². The van der Waals surface area contributed by atoms with Crippen molar-refractivity contribution < 1.29 is 4.39 Å². The van der Waals surface area contributed by atoms with E-state index in [9.17, 15) is 4.39 Å². The van der Waals surface area contributed by atoms with Gasteiger partial charge in [0.1, 0.15) is 5.82 Å². The molecule has 0 amide bonds. The summed E-state index contributed by atoms with van der Waals surface area (Å²) in [6.07, 6.45) is 0. The number of hydrogen-bond donors (Lipinski definition) is 1. The number of benzene rings is 2. The fourth-order valence-corrected chi connectivity index (χ4v) is 2.63. The molecule has 0 aliphatic rings. The Kier molecular flexibility index (Phi) is 4.97. The molecule has 0 bridgehead atoms. The zero-order valence-corrected chi connectivity index (χ0v) is 12.8. The van der Waals surface area contributed by atoms with Gasteiger partial charge in [-0.05, 0) is 51.8 Å². The van der Waals surface area contributed by atoms with Crippen LogP contribution in [0.4, 0.5) is 4.39 Å². The lowest BCUT2D eigenvalue weighted by Gasteiger charge is -2.20. The van der Waals surface area contributed by atoms with Crippen molar-refractivity contribution in [3.05, 3.63) is 68.9 Å². The molecule has 19 heavy (non-hydrogen) atoms. The van der Waals surface area contributed by atoms with Crippen molar-refractivity contribution in [3.63, 3.8) is 0 Å². The van der Waals surface area contributed by atoms with Gasteiger partial charge in [0.05, 0.1) is 10.5 Å². The van der Waals surface area contributed by atoms with E-state index in [1.165, 1.54) is 6.07 Å². The Morgan fingerprint density at radius 3 is 2.53 bits per heavy atom.